The van der Waals surface area contributed by atoms with Crippen LogP contribution in [0.4, 0.5) is 17.1 Å². The molecule has 0 N–H and O–H groups in total. The standard InChI is InChI=1S/C57H40N2O/c1-57(2)50-22-12-9-20-44(50)45-29-27-41(35-51(45)57)58(42-28-30-47-46-21-11-14-24-53(46)59(54(47)36-42)40-17-7-4-8-18-40)52-23-13-10-19-43(52)39-26-32-56-49(34-39)48-33-38(25-31-55(48)60-56)37-15-5-3-6-16-37/h3-36H,1-2H3. The number of furan rings is 1. The Morgan fingerprint density at radius 1 is 0.400 bits per heavy atom. The summed E-state index contributed by atoms with van der Waals surface area (Å²) in [4.78, 5) is 2.46. The zero-order chi connectivity index (χ0) is 40.0. The molecule has 0 saturated heterocycles. The molecular formula is C57H40N2O. The van der Waals surface area contributed by atoms with Crippen LogP contribution in [0.15, 0.2) is 211 Å². The predicted molar refractivity (Wildman–Crippen MR) is 251 cm³/mol. The van der Waals surface area contributed by atoms with Crippen molar-refractivity contribution >= 4 is 60.8 Å². The normalized spacial score (nSPS) is 13.0. The van der Waals surface area contributed by atoms with E-state index < -0.39 is 0 Å². The van der Waals surface area contributed by atoms with Crippen LogP contribution >= 0.6 is 0 Å². The van der Waals surface area contributed by atoms with E-state index in [9.17, 15) is 0 Å². The van der Waals surface area contributed by atoms with E-state index in [1.165, 1.54) is 49.7 Å². The average Bonchev–Trinajstić information content (AvgIpc) is 3.91. The molecule has 3 nitrogen and oxygen atoms in total. The maximum atomic E-state index is 6.44. The van der Waals surface area contributed by atoms with Crippen LogP contribution in [0.5, 0.6) is 0 Å². The molecule has 284 valence electrons. The zero-order valence-electron chi connectivity index (χ0n) is 33.4. The van der Waals surface area contributed by atoms with Crippen LogP contribution < -0.4 is 4.90 Å². The van der Waals surface area contributed by atoms with Gasteiger partial charge in [-0.3, -0.25) is 0 Å². The van der Waals surface area contributed by atoms with Crippen molar-refractivity contribution in [3.63, 3.8) is 0 Å². The Hall–Kier alpha value is -7.62. The molecule has 0 saturated carbocycles. The van der Waals surface area contributed by atoms with Gasteiger partial charge in [0, 0.05) is 49.6 Å². The number of para-hydroxylation sites is 3. The molecule has 0 atom stereocenters. The number of hydrogen-bond acceptors (Lipinski definition) is 2. The first-order valence-corrected chi connectivity index (χ1v) is 20.8. The van der Waals surface area contributed by atoms with Crippen molar-refractivity contribution in [1.29, 1.82) is 0 Å². The van der Waals surface area contributed by atoms with Gasteiger partial charge in [-0.2, -0.15) is 0 Å². The molecule has 9 aromatic carbocycles. The van der Waals surface area contributed by atoms with Crippen molar-refractivity contribution in [3.8, 4) is 39.1 Å². The lowest BCUT2D eigenvalue weighted by Crippen LogP contribution is -2.17. The first kappa shape index (κ1) is 34.4. The van der Waals surface area contributed by atoms with E-state index in [1.807, 2.05) is 0 Å². The van der Waals surface area contributed by atoms with E-state index in [-0.39, 0.29) is 5.41 Å². The summed E-state index contributed by atoms with van der Waals surface area (Å²) in [5, 5.41) is 4.68. The fourth-order valence-corrected chi connectivity index (χ4v) is 9.88. The van der Waals surface area contributed by atoms with Crippen LogP contribution in [0.3, 0.4) is 0 Å². The van der Waals surface area contributed by atoms with Crippen LogP contribution in [-0.4, -0.2) is 4.57 Å². The van der Waals surface area contributed by atoms with E-state index in [0.29, 0.717) is 0 Å². The second-order valence-electron chi connectivity index (χ2n) is 16.5. The van der Waals surface area contributed by atoms with Gasteiger partial charge < -0.3 is 13.9 Å². The molecule has 2 heterocycles. The fourth-order valence-electron chi connectivity index (χ4n) is 9.88. The summed E-state index contributed by atoms with van der Waals surface area (Å²) in [6.45, 7) is 4.72. The molecule has 11 aromatic rings. The van der Waals surface area contributed by atoms with Gasteiger partial charge in [-0.1, -0.05) is 147 Å². The molecule has 0 unspecified atom stereocenters. The van der Waals surface area contributed by atoms with Gasteiger partial charge in [0.1, 0.15) is 11.2 Å². The number of fused-ring (bicyclic) bond motifs is 9. The van der Waals surface area contributed by atoms with Gasteiger partial charge in [-0.05, 0) is 112 Å². The Bertz CT molecular complexity index is 3460. The largest absolute Gasteiger partial charge is 0.456 e. The molecule has 60 heavy (non-hydrogen) atoms. The van der Waals surface area contributed by atoms with Crippen LogP contribution in [0.1, 0.15) is 25.0 Å². The van der Waals surface area contributed by atoms with Crippen molar-refractivity contribution in [3.05, 3.63) is 217 Å². The summed E-state index contributed by atoms with van der Waals surface area (Å²) in [7, 11) is 0. The number of nitrogens with zero attached hydrogens (tertiary/aromatic N) is 2. The Morgan fingerprint density at radius 3 is 1.82 bits per heavy atom. The number of aromatic nitrogens is 1. The maximum absolute atomic E-state index is 6.44. The molecule has 0 amide bonds. The van der Waals surface area contributed by atoms with Crippen molar-refractivity contribution in [2.75, 3.05) is 4.90 Å². The first-order valence-electron chi connectivity index (χ1n) is 20.8. The Kier molecular flexibility index (Phi) is 7.58. The molecule has 0 bridgehead atoms. The maximum Gasteiger partial charge on any atom is 0.135 e. The van der Waals surface area contributed by atoms with Crippen LogP contribution in [-0.2, 0) is 5.41 Å². The van der Waals surface area contributed by atoms with Crippen molar-refractivity contribution in [1.82, 2.24) is 4.57 Å². The van der Waals surface area contributed by atoms with Gasteiger partial charge >= 0.3 is 0 Å². The lowest BCUT2D eigenvalue weighted by Gasteiger charge is -2.30. The van der Waals surface area contributed by atoms with Crippen LogP contribution in [0, 0.1) is 0 Å². The average molecular weight is 769 g/mol. The van der Waals surface area contributed by atoms with E-state index >= 15 is 0 Å². The second-order valence-corrected chi connectivity index (χ2v) is 16.5. The number of benzene rings is 9. The minimum atomic E-state index is -0.150. The molecule has 1 aliphatic carbocycles. The van der Waals surface area contributed by atoms with E-state index in [4.69, 9.17) is 4.42 Å². The van der Waals surface area contributed by atoms with Gasteiger partial charge in [0.05, 0.1) is 16.7 Å². The summed E-state index contributed by atoms with van der Waals surface area (Å²) < 4.78 is 8.85. The highest BCUT2D eigenvalue weighted by Gasteiger charge is 2.36. The minimum absolute atomic E-state index is 0.150. The second kappa shape index (κ2) is 13.2. The Balaban J connectivity index is 1.09. The van der Waals surface area contributed by atoms with Gasteiger partial charge in [-0.25, -0.2) is 0 Å². The van der Waals surface area contributed by atoms with Gasteiger partial charge in [-0.15, -0.1) is 0 Å². The summed E-state index contributed by atoms with van der Waals surface area (Å²) in [5.74, 6) is 0. The highest BCUT2D eigenvalue weighted by Crippen LogP contribution is 2.52. The summed E-state index contributed by atoms with van der Waals surface area (Å²) in [5.41, 5.74) is 18.4. The van der Waals surface area contributed by atoms with Crippen LogP contribution in [0.2, 0.25) is 0 Å². The third-order valence-corrected chi connectivity index (χ3v) is 12.8. The lowest BCUT2D eigenvalue weighted by atomic mass is 9.82. The van der Waals surface area contributed by atoms with E-state index in [0.717, 1.165) is 61.3 Å². The van der Waals surface area contributed by atoms with Crippen LogP contribution in [0.25, 0.3) is 82.8 Å². The summed E-state index contributed by atoms with van der Waals surface area (Å²) in [6, 6.07) is 75.0. The number of anilines is 3. The SMILES string of the molecule is CC1(C)c2ccccc2-c2ccc(N(c3ccc4c5ccccc5n(-c5ccccc5)c4c3)c3ccccc3-c3ccc4oc5ccc(-c6ccccc6)cc5c4c3)cc21. The van der Waals surface area contributed by atoms with Gasteiger partial charge in [0.15, 0.2) is 0 Å². The van der Waals surface area contributed by atoms with Crippen molar-refractivity contribution in [2.45, 2.75) is 19.3 Å². The molecular weight excluding hydrogens is 729 g/mol. The van der Waals surface area contributed by atoms with Crippen molar-refractivity contribution in [2.24, 2.45) is 0 Å². The molecule has 0 radical (unpaired) electrons. The highest BCUT2D eigenvalue weighted by molar-refractivity contribution is 6.11. The van der Waals surface area contributed by atoms with E-state index in [2.05, 4.69) is 230 Å². The smallest absolute Gasteiger partial charge is 0.135 e. The van der Waals surface area contributed by atoms with Gasteiger partial charge in [0.25, 0.3) is 0 Å². The third-order valence-electron chi connectivity index (χ3n) is 12.8. The quantitative estimate of drug-likeness (QED) is 0.168. The number of rotatable bonds is 6. The topological polar surface area (TPSA) is 21.3 Å². The van der Waals surface area contributed by atoms with Crippen molar-refractivity contribution < 1.29 is 4.42 Å². The summed E-state index contributed by atoms with van der Waals surface area (Å²) in [6.07, 6.45) is 0. The minimum Gasteiger partial charge on any atom is -0.456 e. The first-order chi connectivity index (χ1) is 29.5. The predicted octanol–water partition coefficient (Wildman–Crippen LogP) is 15.8. The Labute approximate surface area is 349 Å². The fraction of sp³-hybridized carbons (Fsp3) is 0.0526. The molecule has 0 fully saturated rings. The summed E-state index contributed by atoms with van der Waals surface area (Å²) >= 11 is 0. The third kappa shape index (κ3) is 5.22. The van der Waals surface area contributed by atoms with E-state index in [1.54, 1.807) is 0 Å². The molecule has 3 heteroatoms. The lowest BCUT2D eigenvalue weighted by molar-refractivity contribution is 0.660. The molecule has 0 aliphatic heterocycles. The number of hydrogen-bond donors (Lipinski definition) is 0. The highest BCUT2D eigenvalue weighted by atomic mass is 16.3. The molecule has 2 aromatic heterocycles. The molecule has 0 spiro atoms. The monoisotopic (exact) mass is 768 g/mol. The zero-order valence-corrected chi connectivity index (χ0v) is 33.4. The molecule has 12 rings (SSSR count). The Morgan fingerprint density at radius 2 is 1.00 bits per heavy atom. The van der Waals surface area contributed by atoms with Gasteiger partial charge in [0.2, 0.25) is 0 Å². The molecule has 1 aliphatic rings.